The number of hydrogen-bond acceptors (Lipinski definition) is 3. The summed E-state index contributed by atoms with van der Waals surface area (Å²) in [6, 6.07) is 5.58. The second-order valence-corrected chi connectivity index (χ2v) is 4.51. The van der Waals surface area contributed by atoms with Gasteiger partial charge in [0.05, 0.1) is 10.4 Å². The molecule has 0 saturated heterocycles. The molecule has 1 heterocycles. The Morgan fingerprint density at radius 1 is 1.38 bits per heavy atom. The number of fused-ring (bicyclic) bond motifs is 1. The van der Waals surface area contributed by atoms with Crippen molar-refractivity contribution < 1.29 is 4.92 Å². The van der Waals surface area contributed by atoms with E-state index in [4.69, 9.17) is 0 Å². The number of pyridine rings is 1. The van der Waals surface area contributed by atoms with E-state index in [0.717, 1.165) is 15.4 Å². The smallest absolute Gasteiger partial charge is 0.258 e. The molecule has 0 aliphatic carbocycles. The van der Waals surface area contributed by atoms with Gasteiger partial charge in [0.2, 0.25) is 0 Å². The van der Waals surface area contributed by atoms with E-state index in [2.05, 4.69) is 20.9 Å². The molecule has 0 spiro atoms. The molecule has 16 heavy (non-hydrogen) atoms. The molecule has 4 nitrogen and oxygen atoms in total. The molecule has 0 aliphatic rings. The zero-order chi connectivity index (χ0) is 11.9. The van der Waals surface area contributed by atoms with Crippen molar-refractivity contribution in [2.45, 2.75) is 13.8 Å². The number of aryl methyl sites for hydroxylation is 2. The Kier molecular flexibility index (Phi) is 2.63. The fourth-order valence-electron chi connectivity index (χ4n) is 1.81. The molecular formula is C11H9BrN2O2. The molecule has 5 heteroatoms. The van der Waals surface area contributed by atoms with E-state index in [1.807, 2.05) is 18.2 Å². The number of halogens is 1. The second-order valence-electron chi connectivity index (χ2n) is 3.59. The predicted molar refractivity (Wildman–Crippen MR) is 65.6 cm³/mol. The number of nitrogens with zero attached hydrogens (tertiary/aromatic N) is 2. The summed E-state index contributed by atoms with van der Waals surface area (Å²) in [7, 11) is 0. The normalized spacial score (nSPS) is 10.7. The first-order chi connectivity index (χ1) is 7.50. The fourth-order valence-corrected chi connectivity index (χ4v) is 2.17. The zero-order valence-corrected chi connectivity index (χ0v) is 10.4. The number of benzene rings is 1. The SMILES string of the molecule is Cc1nc2ccc(Br)cc2c(C)c1[N+](=O)[O-]. The first-order valence-corrected chi connectivity index (χ1v) is 5.51. The molecular weight excluding hydrogens is 272 g/mol. The van der Waals surface area contributed by atoms with Gasteiger partial charge in [0.1, 0.15) is 5.69 Å². The van der Waals surface area contributed by atoms with Gasteiger partial charge in [-0.2, -0.15) is 0 Å². The van der Waals surface area contributed by atoms with E-state index in [9.17, 15) is 10.1 Å². The van der Waals surface area contributed by atoms with Gasteiger partial charge in [-0.1, -0.05) is 15.9 Å². The molecule has 0 bridgehead atoms. The fraction of sp³-hybridized carbons (Fsp3) is 0.182. The van der Waals surface area contributed by atoms with Gasteiger partial charge >= 0.3 is 0 Å². The minimum atomic E-state index is -0.377. The third kappa shape index (κ3) is 1.67. The van der Waals surface area contributed by atoms with Crippen LogP contribution >= 0.6 is 15.9 Å². The predicted octanol–water partition coefficient (Wildman–Crippen LogP) is 3.52. The molecule has 0 atom stereocenters. The topological polar surface area (TPSA) is 56.0 Å². The van der Waals surface area contributed by atoms with Crippen LogP contribution in [0, 0.1) is 24.0 Å². The monoisotopic (exact) mass is 280 g/mol. The molecule has 0 unspecified atom stereocenters. The summed E-state index contributed by atoms with van der Waals surface area (Å²) >= 11 is 3.35. The number of aromatic nitrogens is 1. The van der Waals surface area contributed by atoms with Gasteiger partial charge < -0.3 is 0 Å². The summed E-state index contributed by atoms with van der Waals surface area (Å²) < 4.78 is 0.892. The maximum Gasteiger partial charge on any atom is 0.293 e. The highest BCUT2D eigenvalue weighted by Crippen LogP contribution is 2.30. The van der Waals surface area contributed by atoms with E-state index in [1.165, 1.54) is 0 Å². The molecule has 0 radical (unpaired) electrons. The van der Waals surface area contributed by atoms with E-state index < -0.39 is 0 Å². The van der Waals surface area contributed by atoms with Crippen molar-refractivity contribution in [1.29, 1.82) is 0 Å². The Labute approximate surface area is 101 Å². The van der Waals surface area contributed by atoms with Crippen molar-refractivity contribution in [1.82, 2.24) is 4.98 Å². The van der Waals surface area contributed by atoms with Gasteiger partial charge in [-0.05, 0) is 32.0 Å². The summed E-state index contributed by atoms with van der Waals surface area (Å²) in [5, 5.41) is 11.7. The minimum absolute atomic E-state index is 0.102. The van der Waals surface area contributed by atoms with Crippen LogP contribution < -0.4 is 0 Å². The maximum atomic E-state index is 10.9. The molecule has 2 aromatic rings. The Morgan fingerprint density at radius 3 is 2.69 bits per heavy atom. The van der Waals surface area contributed by atoms with Crippen molar-refractivity contribution in [3.05, 3.63) is 44.0 Å². The summed E-state index contributed by atoms with van der Waals surface area (Å²) in [5.41, 5.74) is 2.00. The Hall–Kier alpha value is -1.49. The number of hydrogen-bond donors (Lipinski definition) is 0. The first-order valence-electron chi connectivity index (χ1n) is 4.71. The molecule has 1 aromatic heterocycles. The average Bonchev–Trinajstić information content (AvgIpc) is 2.19. The standard InChI is InChI=1S/C11H9BrN2O2/c1-6-9-5-8(12)3-4-10(9)13-7(2)11(6)14(15)16/h3-5H,1-2H3. The van der Waals surface area contributed by atoms with E-state index in [1.54, 1.807) is 13.8 Å². The van der Waals surface area contributed by atoms with Crippen molar-refractivity contribution >= 4 is 32.5 Å². The zero-order valence-electron chi connectivity index (χ0n) is 8.82. The molecule has 1 aromatic carbocycles. The molecule has 2 rings (SSSR count). The van der Waals surface area contributed by atoms with Gasteiger partial charge in [0.15, 0.2) is 0 Å². The molecule has 0 amide bonds. The van der Waals surface area contributed by atoms with Crippen LogP contribution in [0.3, 0.4) is 0 Å². The minimum Gasteiger partial charge on any atom is -0.258 e. The second kappa shape index (κ2) is 3.83. The van der Waals surface area contributed by atoms with Gasteiger partial charge in [-0.3, -0.25) is 10.1 Å². The van der Waals surface area contributed by atoms with Gasteiger partial charge in [-0.25, -0.2) is 4.98 Å². The van der Waals surface area contributed by atoms with Crippen LogP contribution in [0.5, 0.6) is 0 Å². The highest BCUT2D eigenvalue weighted by atomic mass is 79.9. The lowest BCUT2D eigenvalue weighted by atomic mass is 10.1. The van der Waals surface area contributed by atoms with Crippen LogP contribution in [-0.2, 0) is 0 Å². The maximum absolute atomic E-state index is 10.9. The average molecular weight is 281 g/mol. The van der Waals surface area contributed by atoms with Gasteiger partial charge in [-0.15, -0.1) is 0 Å². The summed E-state index contributed by atoms with van der Waals surface area (Å²) in [6.45, 7) is 3.41. The van der Waals surface area contributed by atoms with Crippen LogP contribution in [0.25, 0.3) is 10.9 Å². The highest BCUT2D eigenvalue weighted by molar-refractivity contribution is 9.10. The largest absolute Gasteiger partial charge is 0.293 e. The lowest BCUT2D eigenvalue weighted by Crippen LogP contribution is -1.98. The highest BCUT2D eigenvalue weighted by Gasteiger charge is 2.18. The van der Waals surface area contributed by atoms with Crippen molar-refractivity contribution in [2.24, 2.45) is 0 Å². The Bertz CT molecular complexity index is 596. The third-order valence-corrected chi connectivity index (χ3v) is 3.02. The number of rotatable bonds is 1. The van der Waals surface area contributed by atoms with Crippen molar-refractivity contribution in [3.8, 4) is 0 Å². The Morgan fingerprint density at radius 2 is 2.06 bits per heavy atom. The van der Waals surface area contributed by atoms with Gasteiger partial charge in [0.25, 0.3) is 5.69 Å². The van der Waals surface area contributed by atoms with E-state index >= 15 is 0 Å². The lowest BCUT2D eigenvalue weighted by molar-refractivity contribution is -0.386. The molecule has 0 saturated carbocycles. The lowest BCUT2D eigenvalue weighted by Gasteiger charge is -2.05. The first kappa shape index (κ1) is 11.0. The van der Waals surface area contributed by atoms with Gasteiger partial charge in [0, 0.05) is 15.4 Å². The molecule has 82 valence electrons. The summed E-state index contributed by atoms with van der Waals surface area (Å²) in [5.74, 6) is 0. The third-order valence-electron chi connectivity index (χ3n) is 2.53. The van der Waals surface area contributed by atoms with Crippen LogP contribution in [0.2, 0.25) is 0 Å². The van der Waals surface area contributed by atoms with Crippen LogP contribution in [0.4, 0.5) is 5.69 Å². The van der Waals surface area contributed by atoms with E-state index in [-0.39, 0.29) is 10.6 Å². The molecule has 0 N–H and O–H groups in total. The van der Waals surface area contributed by atoms with Crippen LogP contribution in [-0.4, -0.2) is 9.91 Å². The Balaban J connectivity index is 2.90. The molecule has 0 fully saturated rings. The quantitative estimate of drug-likeness (QED) is 0.593. The van der Waals surface area contributed by atoms with Crippen LogP contribution in [0.1, 0.15) is 11.3 Å². The summed E-state index contributed by atoms with van der Waals surface area (Å²) in [6.07, 6.45) is 0. The van der Waals surface area contributed by atoms with Crippen molar-refractivity contribution in [3.63, 3.8) is 0 Å². The number of nitro groups is 1. The van der Waals surface area contributed by atoms with Crippen LogP contribution in [0.15, 0.2) is 22.7 Å². The van der Waals surface area contributed by atoms with E-state index in [0.29, 0.717) is 11.3 Å². The summed E-state index contributed by atoms with van der Waals surface area (Å²) in [4.78, 5) is 14.8. The van der Waals surface area contributed by atoms with Crippen molar-refractivity contribution in [2.75, 3.05) is 0 Å². The molecule has 0 aliphatic heterocycles.